The lowest BCUT2D eigenvalue weighted by Gasteiger charge is -2.12. The summed E-state index contributed by atoms with van der Waals surface area (Å²) in [6.07, 6.45) is 1.68. The van der Waals surface area contributed by atoms with Crippen LogP contribution in [0.15, 0.2) is 60.8 Å². The molecular formula is C20H21N3O2. The third-order valence-electron chi connectivity index (χ3n) is 3.97. The van der Waals surface area contributed by atoms with Crippen LogP contribution in [0.1, 0.15) is 5.56 Å². The maximum absolute atomic E-state index is 5.87. The number of rotatable bonds is 6. The van der Waals surface area contributed by atoms with Crippen LogP contribution >= 0.6 is 0 Å². The lowest BCUT2D eigenvalue weighted by molar-refractivity contribution is 0.355. The first-order chi connectivity index (χ1) is 12.2. The summed E-state index contributed by atoms with van der Waals surface area (Å²) < 4.78 is 10.7. The van der Waals surface area contributed by atoms with E-state index in [9.17, 15) is 0 Å². The molecule has 0 aliphatic rings. The Labute approximate surface area is 147 Å². The molecule has 2 aromatic carbocycles. The third kappa shape index (κ3) is 3.83. The van der Waals surface area contributed by atoms with Crippen molar-refractivity contribution in [2.75, 3.05) is 25.3 Å². The number of hydrogen-bond acceptors (Lipinski definition) is 5. The van der Waals surface area contributed by atoms with E-state index in [0.717, 1.165) is 28.1 Å². The zero-order valence-electron chi connectivity index (χ0n) is 14.3. The molecule has 0 unspecified atom stereocenters. The average molecular weight is 335 g/mol. The predicted molar refractivity (Wildman–Crippen MR) is 101 cm³/mol. The summed E-state index contributed by atoms with van der Waals surface area (Å²) in [5.41, 5.74) is 10.0. The van der Waals surface area contributed by atoms with E-state index in [-0.39, 0.29) is 0 Å². The summed E-state index contributed by atoms with van der Waals surface area (Å²) in [6, 6.07) is 18.0. The number of anilines is 2. The molecule has 0 saturated heterocycles. The number of nitrogens with zero attached hydrogens (tertiary/aromatic N) is 1. The van der Waals surface area contributed by atoms with Gasteiger partial charge in [-0.2, -0.15) is 0 Å². The van der Waals surface area contributed by atoms with Crippen LogP contribution < -0.4 is 20.5 Å². The number of nitrogen functional groups attached to an aromatic ring is 1. The molecule has 5 nitrogen and oxygen atoms in total. The van der Waals surface area contributed by atoms with E-state index < -0.39 is 0 Å². The molecule has 0 amide bonds. The smallest absolute Gasteiger partial charge is 0.161 e. The van der Waals surface area contributed by atoms with Crippen molar-refractivity contribution in [2.24, 2.45) is 0 Å². The third-order valence-corrected chi connectivity index (χ3v) is 3.97. The zero-order valence-corrected chi connectivity index (χ0v) is 14.3. The molecule has 1 aromatic heterocycles. The molecular weight excluding hydrogens is 314 g/mol. The molecule has 0 aliphatic carbocycles. The molecule has 0 saturated carbocycles. The molecule has 5 heteroatoms. The lowest BCUT2D eigenvalue weighted by atomic mass is 10.0. The molecule has 25 heavy (non-hydrogen) atoms. The monoisotopic (exact) mass is 335 g/mol. The Kier molecular flexibility index (Phi) is 5.04. The van der Waals surface area contributed by atoms with Crippen molar-refractivity contribution < 1.29 is 9.47 Å². The Morgan fingerprint density at radius 1 is 0.920 bits per heavy atom. The van der Waals surface area contributed by atoms with Gasteiger partial charge in [0.15, 0.2) is 11.5 Å². The largest absolute Gasteiger partial charge is 0.493 e. The number of ether oxygens (including phenoxy) is 2. The highest BCUT2D eigenvalue weighted by molar-refractivity contribution is 5.68. The average Bonchev–Trinajstić information content (AvgIpc) is 2.67. The van der Waals surface area contributed by atoms with Gasteiger partial charge < -0.3 is 20.5 Å². The molecule has 3 N–H and O–H groups in total. The first kappa shape index (κ1) is 16.6. The van der Waals surface area contributed by atoms with Crippen LogP contribution in [0.4, 0.5) is 11.5 Å². The van der Waals surface area contributed by atoms with Gasteiger partial charge in [0.25, 0.3) is 0 Å². The number of aromatic nitrogens is 1. The van der Waals surface area contributed by atoms with Gasteiger partial charge >= 0.3 is 0 Å². The minimum absolute atomic E-state index is 0.499. The summed E-state index contributed by atoms with van der Waals surface area (Å²) in [7, 11) is 3.27. The normalized spacial score (nSPS) is 10.3. The Morgan fingerprint density at radius 3 is 2.48 bits per heavy atom. The summed E-state index contributed by atoms with van der Waals surface area (Å²) in [6.45, 7) is 0.664. The summed E-state index contributed by atoms with van der Waals surface area (Å²) >= 11 is 0. The second-order valence-electron chi connectivity index (χ2n) is 5.56. The first-order valence-electron chi connectivity index (χ1n) is 7.97. The quantitative estimate of drug-likeness (QED) is 0.713. The Hall–Kier alpha value is -3.21. The Bertz CT molecular complexity index is 865. The maximum atomic E-state index is 5.87. The van der Waals surface area contributed by atoms with Gasteiger partial charge in [-0.3, -0.25) is 0 Å². The highest BCUT2D eigenvalue weighted by Crippen LogP contribution is 2.32. The molecule has 3 aromatic rings. The standard InChI is InChI=1S/C20H21N3O2/c1-24-18-9-8-16(12-19(18)25-2)15-6-3-5-14(11-15)13-23-17-7-4-10-22-20(17)21/h3-12,23H,13H2,1-2H3,(H2,21,22). The zero-order chi connectivity index (χ0) is 17.6. The number of benzene rings is 2. The van der Waals surface area contributed by atoms with Gasteiger partial charge in [-0.05, 0) is 47.0 Å². The summed E-state index contributed by atoms with van der Waals surface area (Å²) in [5, 5.41) is 3.32. The number of methoxy groups -OCH3 is 2. The molecule has 0 spiro atoms. The highest BCUT2D eigenvalue weighted by atomic mass is 16.5. The Morgan fingerprint density at radius 2 is 1.72 bits per heavy atom. The molecule has 0 fully saturated rings. The van der Waals surface area contributed by atoms with E-state index in [2.05, 4.69) is 28.5 Å². The van der Waals surface area contributed by atoms with E-state index in [4.69, 9.17) is 15.2 Å². The molecule has 0 aliphatic heterocycles. The fourth-order valence-electron chi connectivity index (χ4n) is 2.64. The van der Waals surface area contributed by atoms with Gasteiger partial charge in [-0.15, -0.1) is 0 Å². The minimum atomic E-state index is 0.499. The van der Waals surface area contributed by atoms with Crippen LogP contribution in [-0.2, 0) is 6.54 Å². The van der Waals surface area contributed by atoms with Gasteiger partial charge in [-0.25, -0.2) is 4.98 Å². The van der Waals surface area contributed by atoms with Crippen LogP contribution in [0.5, 0.6) is 11.5 Å². The van der Waals surface area contributed by atoms with Crippen molar-refractivity contribution in [2.45, 2.75) is 6.54 Å². The fourth-order valence-corrected chi connectivity index (χ4v) is 2.64. The van der Waals surface area contributed by atoms with Crippen molar-refractivity contribution >= 4 is 11.5 Å². The molecule has 0 bridgehead atoms. The SMILES string of the molecule is COc1ccc(-c2cccc(CNc3cccnc3N)c2)cc1OC. The summed E-state index contributed by atoms with van der Waals surface area (Å²) in [4.78, 5) is 4.08. The van der Waals surface area contributed by atoms with E-state index in [1.54, 1.807) is 20.4 Å². The number of nitrogens with one attached hydrogen (secondary N) is 1. The number of hydrogen-bond donors (Lipinski definition) is 2. The molecule has 0 atom stereocenters. The van der Waals surface area contributed by atoms with Gasteiger partial charge in [0, 0.05) is 12.7 Å². The second-order valence-corrected chi connectivity index (χ2v) is 5.56. The van der Waals surface area contributed by atoms with Crippen LogP contribution in [0.2, 0.25) is 0 Å². The molecule has 128 valence electrons. The maximum Gasteiger partial charge on any atom is 0.161 e. The highest BCUT2D eigenvalue weighted by Gasteiger charge is 2.07. The van der Waals surface area contributed by atoms with Gasteiger partial charge in [0.1, 0.15) is 5.82 Å². The van der Waals surface area contributed by atoms with Crippen LogP contribution in [-0.4, -0.2) is 19.2 Å². The Balaban J connectivity index is 1.81. The lowest BCUT2D eigenvalue weighted by Crippen LogP contribution is -2.03. The predicted octanol–water partition coefficient (Wildman–Crippen LogP) is 3.96. The molecule has 0 radical (unpaired) electrons. The van der Waals surface area contributed by atoms with E-state index >= 15 is 0 Å². The van der Waals surface area contributed by atoms with E-state index in [1.165, 1.54) is 0 Å². The van der Waals surface area contributed by atoms with Crippen LogP contribution in [0, 0.1) is 0 Å². The molecule has 1 heterocycles. The van der Waals surface area contributed by atoms with Crippen molar-refractivity contribution in [1.29, 1.82) is 0 Å². The van der Waals surface area contributed by atoms with Crippen molar-refractivity contribution in [3.05, 3.63) is 66.4 Å². The van der Waals surface area contributed by atoms with Gasteiger partial charge in [0.2, 0.25) is 0 Å². The van der Waals surface area contributed by atoms with Gasteiger partial charge in [0.05, 0.1) is 19.9 Å². The first-order valence-corrected chi connectivity index (χ1v) is 7.97. The second kappa shape index (κ2) is 7.57. The number of pyridine rings is 1. The van der Waals surface area contributed by atoms with Crippen LogP contribution in [0.25, 0.3) is 11.1 Å². The van der Waals surface area contributed by atoms with Crippen molar-refractivity contribution in [3.8, 4) is 22.6 Å². The summed E-state index contributed by atoms with van der Waals surface area (Å²) in [5.74, 6) is 1.93. The van der Waals surface area contributed by atoms with Crippen molar-refractivity contribution in [1.82, 2.24) is 4.98 Å². The van der Waals surface area contributed by atoms with Crippen molar-refractivity contribution in [3.63, 3.8) is 0 Å². The topological polar surface area (TPSA) is 69.4 Å². The minimum Gasteiger partial charge on any atom is -0.493 e. The number of nitrogens with two attached hydrogens (primary N) is 1. The fraction of sp³-hybridized carbons (Fsp3) is 0.150. The van der Waals surface area contributed by atoms with E-state index in [0.29, 0.717) is 18.1 Å². The van der Waals surface area contributed by atoms with E-state index in [1.807, 2.05) is 36.4 Å². The molecule has 3 rings (SSSR count). The van der Waals surface area contributed by atoms with Gasteiger partial charge in [-0.1, -0.05) is 24.3 Å². The van der Waals surface area contributed by atoms with Crippen LogP contribution in [0.3, 0.4) is 0 Å².